The minimum Gasteiger partial charge on any atom is -0.368 e. The predicted octanol–water partition coefficient (Wildman–Crippen LogP) is 2.88. The average molecular weight is 518 g/mol. The first-order chi connectivity index (χ1) is 17.9. The van der Waals surface area contributed by atoms with Crippen molar-refractivity contribution in [1.29, 1.82) is 5.26 Å². The molecule has 1 fully saturated rings. The van der Waals surface area contributed by atoms with E-state index in [1.54, 1.807) is 12.1 Å². The van der Waals surface area contributed by atoms with Gasteiger partial charge in [0, 0.05) is 70.5 Å². The molecule has 0 unspecified atom stereocenters. The van der Waals surface area contributed by atoms with Crippen LogP contribution in [0.15, 0.2) is 59.5 Å². The lowest BCUT2D eigenvalue weighted by molar-refractivity contribution is 0.386. The smallest absolute Gasteiger partial charge is 0.244 e. The molecule has 0 atom stereocenters. The van der Waals surface area contributed by atoms with E-state index in [0.717, 1.165) is 49.8 Å². The zero-order valence-electron chi connectivity index (χ0n) is 21.2. The quantitative estimate of drug-likeness (QED) is 0.493. The number of piperazine rings is 1. The fourth-order valence-corrected chi connectivity index (χ4v) is 6.45. The van der Waals surface area contributed by atoms with Crippen LogP contribution in [0.5, 0.6) is 0 Å². The highest BCUT2D eigenvalue weighted by Gasteiger charge is 2.34. The summed E-state index contributed by atoms with van der Waals surface area (Å²) < 4.78 is 28.4. The molecular formula is C27H31N7O2S. The lowest BCUT2D eigenvalue weighted by Gasteiger charge is -2.37. The molecule has 9 nitrogen and oxygen atoms in total. The van der Waals surface area contributed by atoms with E-state index in [-0.39, 0.29) is 17.0 Å². The number of rotatable bonds is 6. The van der Waals surface area contributed by atoms with Gasteiger partial charge in [0.15, 0.2) is 0 Å². The molecule has 37 heavy (non-hydrogen) atoms. The van der Waals surface area contributed by atoms with Gasteiger partial charge in [0.05, 0.1) is 16.2 Å². The molecule has 0 bridgehead atoms. The zero-order chi connectivity index (χ0) is 26.0. The Kier molecular flexibility index (Phi) is 7.00. The molecule has 2 aliphatic rings. The summed E-state index contributed by atoms with van der Waals surface area (Å²) in [5, 5.41) is 9.45. The van der Waals surface area contributed by atoms with E-state index in [1.807, 2.05) is 31.0 Å². The molecule has 0 saturated carbocycles. The van der Waals surface area contributed by atoms with E-state index in [0.29, 0.717) is 18.9 Å². The van der Waals surface area contributed by atoms with Crippen molar-refractivity contribution < 1.29 is 8.42 Å². The third kappa shape index (κ3) is 4.84. The maximum atomic E-state index is 13.5. The number of sulfonamides is 1. The second-order valence-electron chi connectivity index (χ2n) is 9.29. The number of fused-ring (bicyclic) bond motifs is 1. The molecule has 2 aromatic carbocycles. The van der Waals surface area contributed by atoms with Crippen LogP contribution in [-0.2, 0) is 23.0 Å². The molecule has 192 valence electrons. The first-order valence-corrected chi connectivity index (χ1v) is 14.0. The highest BCUT2D eigenvalue weighted by Crippen LogP contribution is 2.32. The van der Waals surface area contributed by atoms with Gasteiger partial charge in [-0.1, -0.05) is 30.3 Å². The van der Waals surface area contributed by atoms with Gasteiger partial charge in [0.2, 0.25) is 16.0 Å². The molecule has 2 aliphatic heterocycles. The number of nitriles is 1. The van der Waals surface area contributed by atoms with Gasteiger partial charge in [0.25, 0.3) is 0 Å². The van der Waals surface area contributed by atoms with Crippen LogP contribution in [0, 0.1) is 11.3 Å². The van der Waals surface area contributed by atoms with Crippen LogP contribution in [0.25, 0.3) is 0 Å². The van der Waals surface area contributed by atoms with Gasteiger partial charge in [-0.3, -0.25) is 0 Å². The largest absolute Gasteiger partial charge is 0.368 e. The van der Waals surface area contributed by atoms with Crippen LogP contribution in [0.1, 0.15) is 23.7 Å². The number of hydrogen-bond donors (Lipinski definition) is 0. The van der Waals surface area contributed by atoms with Crippen LogP contribution in [0.4, 0.5) is 17.5 Å². The lowest BCUT2D eigenvalue weighted by atomic mass is 10.1. The highest BCUT2D eigenvalue weighted by molar-refractivity contribution is 7.89. The summed E-state index contributed by atoms with van der Waals surface area (Å²) in [5.41, 5.74) is 3.10. The molecule has 0 radical (unpaired) electrons. The number of para-hydroxylation sites is 1. The van der Waals surface area contributed by atoms with Crippen molar-refractivity contribution in [1.82, 2.24) is 14.3 Å². The van der Waals surface area contributed by atoms with E-state index in [4.69, 9.17) is 9.97 Å². The second kappa shape index (κ2) is 10.4. The minimum absolute atomic E-state index is 0.0418. The van der Waals surface area contributed by atoms with Crippen LogP contribution in [-0.4, -0.2) is 69.0 Å². The van der Waals surface area contributed by atoms with Gasteiger partial charge in [0.1, 0.15) is 11.9 Å². The Bertz CT molecular complexity index is 1410. The Labute approximate surface area is 218 Å². The molecular weight excluding hydrogens is 486 g/mol. The van der Waals surface area contributed by atoms with Crippen molar-refractivity contribution in [2.45, 2.75) is 24.8 Å². The molecule has 3 aromatic rings. The van der Waals surface area contributed by atoms with Crippen LogP contribution < -0.4 is 14.7 Å². The summed E-state index contributed by atoms with van der Waals surface area (Å²) in [6.07, 6.45) is 0.493. The third-order valence-electron chi connectivity index (χ3n) is 7.14. The van der Waals surface area contributed by atoms with Crippen LogP contribution in [0.3, 0.4) is 0 Å². The number of nitrogens with zero attached hydrogens (tertiary/aromatic N) is 7. The summed E-state index contributed by atoms with van der Waals surface area (Å²) in [6.45, 7) is 6.66. The highest BCUT2D eigenvalue weighted by atomic mass is 32.2. The van der Waals surface area contributed by atoms with E-state index < -0.39 is 10.0 Å². The summed E-state index contributed by atoms with van der Waals surface area (Å²) in [4.78, 5) is 16.6. The van der Waals surface area contributed by atoms with Gasteiger partial charge in [-0.05, 0) is 31.2 Å². The monoisotopic (exact) mass is 517 g/mol. The van der Waals surface area contributed by atoms with Crippen LogP contribution in [0.2, 0.25) is 0 Å². The molecule has 1 saturated heterocycles. The Balaban J connectivity index is 1.42. The zero-order valence-corrected chi connectivity index (χ0v) is 22.0. The molecule has 0 amide bonds. The summed E-state index contributed by atoms with van der Waals surface area (Å²) >= 11 is 0. The Hall–Kier alpha value is -3.68. The van der Waals surface area contributed by atoms with E-state index >= 15 is 0 Å². The second-order valence-corrected chi connectivity index (χ2v) is 11.2. The predicted molar refractivity (Wildman–Crippen MR) is 144 cm³/mol. The van der Waals surface area contributed by atoms with Crippen molar-refractivity contribution in [3.8, 4) is 6.07 Å². The van der Waals surface area contributed by atoms with Crippen molar-refractivity contribution in [3.05, 3.63) is 71.4 Å². The van der Waals surface area contributed by atoms with E-state index in [1.165, 1.54) is 22.1 Å². The normalized spacial score (nSPS) is 16.2. The Morgan fingerprint density at radius 3 is 2.32 bits per heavy atom. The number of anilines is 3. The number of aromatic nitrogens is 2. The first-order valence-electron chi connectivity index (χ1n) is 12.6. The summed E-state index contributed by atoms with van der Waals surface area (Å²) in [7, 11) is -1.87. The molecule has 1 aromatic heterocycles. The molecule has 3 heterocycles. The van der Waals surface area contributed by atoms with Gasteiger partial charge < -0.3 is 14.7 Å². The van der Waals surface area contributed by atoms with Crippen molar-refractivity contribution >= 4 is 27.5 Å². The number of benzene rings is 2. The fourth-order valence-electron chi connectivity index (χ4n) is 4.90. The lowest BCUT2D eigenvalue weighted by Crippen LogP contribution is -2.47. The summed E-state index contributed by atoms with van der Waals surface area (Å²) in [5.74, 6) is 1.47. The number of hydrogen-bond acceptors (Lipinski definition) is 8. The third-order valence-corrected chi connectivity index (χ3v) is 9.04. The average Bonchev–Trinajstić information content (AvgIpc) is 2.96. The van der Waals surface area contributed by atoms with Gasteiger partial charge in [-0.25, -0.2) is 13.4 Å². The van der Waals surface area contributed by atoms with E-state index in [2.05, 4.69) is 34.1 Å². The summed E-state index contributed by atoms with van der Waals surface area (Å²) in [6, 6.07) is 18.8. The molecule has 0 N–H and O–H groups in total. The Morgan fingerprint density at radius 1 is 0.946 bits per heavy atom. The van der Waals surface area contributed by atoms with Gasteiger partial charge in [-0.15, -0.1) is 0 Å². The molecule has 0 spiro atoms. The van der Waals surface area contributed by atoms with Gasteiger partial charge in [-0.2, -0.15) is 14.6 Å². The van der Waals surface area contributed by atoms with Crippen molar-refractivity contribution in [2.24, 2.45) is 0 Å². The Morgan fingerprint density at radius 2 is 1.62 bits per heavy atom. The molecule has 5 rings (SSSR count). The maximum Gasteiger partial charge on any atom is 0.244 e. The van der Waals surface area contributed by atoms with Crippen molar-refractivity contribution in [2.75, 3.05) is 61.0 Å². The van der Waals surface area contributed by atoms with Gasteiger partial charge >= 0.3 is 0 Å². The molecule has 10 heteroatoms. The van der Waals surface area contributed by atoms with E-state index in [9.17, 15) is 13.7 Å². The topological polar surface area (TPSA) is 96.7 Å². The molecule has 0 aliphatic carbocycles. The fraction of sp³-hybridized carbons (Fsp3) is 0.370. The minimum atomic E-state index is -3.84. The first kappa shape index (κ1) is 25.0. The van der Waals surface area contributed by atoms with Crippen molar-refractivity contribution in [3.63, 3.8) is 0 Å². The van der Waals surface area contributed by atoms with Crippen LogP contribution >= 0.6 is 0 Å². The standard InChI is InChI=1S/C27H31N7O2S/c1-3-31(2)26-23-20-34(37(35,36)25-12-8-7-9-21(25)19-28)14-13-24(23)29-27(30-26)33-17-15-32(16-18-33)22-10-5-4-6-11-22/h4-12H,3,13-18,20H2,1-2H3. The maximum absolute atomic E-state index is 13.5. The SMILES string of the molecule is CCN(C)c1nc(N2CCN(c3ccccc3)CC2)nc2c1CN(S(=O)(=O)c1ccccc1C#N)CC2.